The van der Waals surface area contributed by atoms with Gasteiger partial charge in [-0.05, 0) is 30.4 Å². The molecule has 0 N–H and O–H groups in total. The van der Waals surface area contributed by atoms with Crippen LogP contribution in [0.3, 0.4) is 0 Å². The molecule has 0 amide bonds. The van der Waals surface area contributed by atoms with Crippen molar-refractivity contribution in [2.75, 3.05) is 0 Å². The number of aromatic nitrogens is 1. The maximum Gasteiger partial charge on any atom is 0.435 e. The van der Waals surface area contributed by atoms with Crippen LogP contribution in [0.25, 0.3) is 0 Å². The van der Waals surface area contributed by atoms with Gasteiger partial charge in [-0.3, -0.25) is 0 Å². The van der Waals surface area contributed by atoms with Gasteiger partial charge in [-0.15, -0.1) is 0 Å². The van der Waals surface area contributed by atoms with Crippen molar-refractivity contribution < 1.29 is 18.0 Å². The number of isocyanates is 1. The summed E-state index contributed by atoms with van der Waals surface area (Å²) in [6.45, 7) is 0. The van der Waals surface area contributed by atoms with Crippen molar-refractivity contribution in [2.24, 2.45) is 4.99 Å². The number of hydrogen-bond donors (Lipinski definition) is 0. The number of carbonyl (C=O) groups excluding carboxylic acids is 1. The van der Waals surface area contributed by atoms with Crippen molar-refractivity contribution in [3.8, 4) is 0 Å². The largest absolute Gasteiger partial charge is 0.435 e. The lowest BCUT2D eigenvalue weighted by Gasteiger charge is -2.13. The molecule has 1 aliphatic rings. The Balaban J connectivity index is 2.42. The molecule has 0 atom stereocenters. The normalized spacial score (nSPS) is 16.6. The second-order valence-electron chi connectivity index (χ2n) is 4.32. The molecule has 1 fully saturated rings. The maximum atomic E-state index is 12.6. The monoisotopic (exact) mass is 256 g/mol. The zero-order valence-corrected chi connectivity index (χ0v) is 9.50. The Kier molecular flexibility index (Phi) is 3.48. The van der Waals surface area contributed by atoms with Crippen LogP contribution >= 0.6 is 0 Å². The molecule has 0 aromatic carbocycles. The molecule has 6 heteroatoms. The number of hydrogen-bond acceptors (Lipinski definition) is 3. The Bertz CT molecular complexity index is 487. The molecule has 1 aliphatic carbocycles. The smallest absolute Gasteiger partial charge is 0.249 e. The molecule has 3 nitrogen and oxygen atoms in total. The van der Waals surface area contributed by atoms with E-state index in [-0.39, 0.29) is 5.92 Å². The van der Waals surface area contributed by atoms with Gasteiger partial charge in [0.25, 0.3) is 0 Å². The predicted molar refractivity (Wildman–Crippen MR) is 58.2 cm³/mol. The molecule has 96 valence electrons. The van der Waals surface area contributed by atoms with E-state index in [2.05, 4.69) is 9.98 Å². The Hall–Kier alpha value is -1.68. The average molecular weight is 256 g/mol. The maximum absolute atomic E-state index is 12.6. The zero-order valence-electron chi connectivity index (χ0n) is 9.50. The van der Waals surface area contributed by atoms with Crippen LogP contribution in [0.2, 0.25) is 0 Å². The van der Waals surface area contributed by atoms with Gasteiger partial charge in [-0.1, -0.05) is 12.8 Å². The van der Waals surface area contributed by atoms with Crippen LogP contribution < -0.4 is 0 Å². The van der Waals surface area contributed by atoms with E-state index in [1.54, 1.807) is 0 Å². The van der Waals surface area contributed by atoms with Crippen LogP contribution in [0.5, 0.6) is 0 Å². The second-order valence-corrected chi connectivity index (χ2v) is 4.32. The zero-order chi connectivity index (χ0) is 13.2. The Morgan fingerprint density at radius 2 is 2.00 bits per heavy atom. The standard InChI is InChI=1S/C12H11F3N2O/c13-12(14,15)11-10(17-7-18)5-9(6-16-11)8-3-1-2-4-8/h5-6,8H,1-4H2. The van der Waals surface area contributed by atoms with Crippen LogP contribution in [0, 0.1) is 0 Å². The molecule has 0 spiro atoms. The molecule has 0 unspecified atom stereocenters. The van der Waals surface area contributed by atoms with Crippen molar-refractivity contribution in [1.29, 1.82) is 0 Å². The van der Waals surface area contributed by atoms with Gasteiger partial charge >= 0.3 is 6.18 Å². The fourth-order valence-electron chi connectivity index (χ4n) is 2.30. The number of halogens is 3. The minimum Gasteiger partial charge on any atom is -0.249 e. The van der Waals surface area contributed by atoms with Gasteiger partial charge in [0.15, 0.2) is 5.69 Å². The van der Waals surface area contributed by atoms with E-state index in [0.717, 1.165) is 37.3 Å². The number of rotatable bonds is 2. The Labute approximate surface area is 102 Å². The Morgan fingerprint density at radius 1 is 1.33 bits per heavy atom. The van der Waals surface area contributed by atoms with E-state index < -0.39 is 17.6 Å². The average Bonchev–Trinajstić information content (AvgIpc) is 2.81. The van der Waals surface area contributed by atoms with Gasteiger partial charge in [-0.2, -0.15) is 18.2 Å². The highest BCUT2D eigenvalue weighted by atomic mass is 19.4. The number of alkyl halides is 3. The van der Waals surface area contributed by atoms with Gasteiger partial charge < -0.3 is 0 Å². The summed E-state index contributed by atoms with van der Waals surface area (Å²) in [7, 11) is 0. The molecule has 1 heterocycles. The highest BCUT2D eigenvalue weighted by Gasteiger charge is 2.36. The van der Waals surface area contributed by atoms with E-state index in [1.807, 2.05) is 0 Å². The third-order valence-electron chi connectivity index (χ3n) is 3.15. The quantitative estimate of drug-likeness (QED) is 0.597. The lowest BCUT2D eigenvalue weighted by atomic mass is 9.99. The predicted octanol–water partition coefficient (Wildman–Crippen LogP) is 3.73. The summed E-state index contributed by atoms with van der Waals surface area (Å²) in [6.07, 6.45) is 1.80. The van der Waals surface area contributed by atoms with E-state index in [9.17, 15) is 18.0 Å². The first kappa shape index (κ1) is 12.8. The minimum absolute atomic E-state index is 0.223. The van der Waals surface area contributed by atoms with Crippen LogP contribution in [-0.4, -0.2) is 11.1 Å². The summed E-state index contributed by atoms with van der Waals surface area (Å²) in [4.78, 5) is 16.7. The highest BCUT2D eigenvalue weighted by Crippen LogP contribution is 2.39. The third kappa shape index (κ3) is 2.59. The van der Waals surface area contributed by atoms with Crippen molar-refractivity contribution in [3.63, 3.8) is 0 Å². The summed E-state index contributed by atoms with van der Waals surface area (Å²) < 4.78 is 37.9. The summed E-state index contributed by atoms with van der Waals surface area (Å²) in [6, 6.07) is 1.30. The lowest BCUT2D eigenvalue weighted by molar-refractivity contribution is -0.140. The SMILES string of the molecule is O=C=Nc1cc(C2CCCC2)cnc1C(F)(F)F. The van der Waals surface area contributed by atoms with Crippen molar-refractivity contribution >= 4 is 11.8 Å². The fraction of sp³-hybridized carbons (Fsp3) is 0.500. The Morgan fingerprint density at radius 3 is 2.56 bits per heavy atom. The van der Waals surface area contributed by atoms with Crippen LogP contribution in [-0.2, 0) is 11.0 Å². The van der Waals surface area contributed by atoms with Gasteiger partial charge in [-0.25, -0.2) is 9.78 Å². The molecular formula is C12H11F3N2O. The van der Waals surface area contributed by atoms with E-state index in [0.29, 0.717) is 0 Å². The molecule has 0 bridgehead atoms. The van der Waals surface area contributed by atoms with Crippen molar-refractivity contribution in [1.82, 2.24) is 4.98 Å². The second kappa shape index (κ2) is 4.90. The molecule has 1 aromatic rings. The third-order valence-corrected chi connectivity index (χ3v) is 3.15. The van der Waals surface area contributed by atoms with E-state index >= 15 is 0 Å². The van der Waals surface area contributed by atoms with Gasteiger partial charge in [0.1, 0.15) is 5.69 Å². The minimum atomic E-state index is -4.61. The molecule has 1 aromatic heterocycles. The number of nitrogens with zero attached hydrogens (tertiary/aromatic N) is 2. The number of pyridine rings is 1. The first-order valence-corrected chi connectivity index (χ1v) is 5.67. The molecule has 0 aliphatic heterocycles. The summed E-state index contributed by atoms with van der Waals surface area (Å²) in [5, 5.41) is 0. The molecule has 2 rings (SSSR count). The summed E-state index contributed by atoms with van der Waals surface area (Å²) in [5.41, 5.74) is -0.857. The topological polar surface area (TPSA) is 42.3 Å². The van der Waals surface area contributed by atoms with Gasteiger partial charge in [0.05, 0.1) is 0 Å². The lowest BCUT2D eigenvalue weighted by Crippen LogP contribution is -2.09. The molecule has 0 radical (unpaired) electrons. The first-order valence-electron chi connectivity index (χ1n) is 5.67. The van der Waals surface area contributed by atoms with Crippen LogP contribution in [0.1, 0.15) is 42.9 Å². The van der Waals surface area contributed by atoms with Gasteiger partial charge in [0, 0.05) is 6.20 Å². The van der Waals surface area contributed by atoms with E-state index in [4.69, 9.17) is 0 Å². The number of aliphatic imine (C=N–C) groups is 1. The van der Waals surface area contributed by atoms with Crippen molar-refractivity contribution in [3.05, 3.63) is 23.5 Å². The fourth-order valence-corrected chi connectivity index (χ4v) is 2.30. The van der Waals surface area contributed by atoms with Crippen molar-refractivity contribution in [2.45, 2.75) is 37.8 Å². The highest BCUT2D eigenvalue weighted by molar-refractivity contribution is 5.53. The first-order chi connectivity index (χ1) is 8.52. The molecular weight excluding hydrogens is 245 g/mol. The van der Waals surface area contributed by atoms with Crippen LogP contribution in [0.15, 0.2) is 17.3 Å². The molecule has 1 saturated carbocycles. The molecule has 18 heavy (non-hydrogen) atoms. The summed E-state index contributed by atoms with van der Waals surface area (Å²) >= 11 is 0. The summed E-state index contributed by atoms with van der Waals surface area (Å²) in [5.74, 6) is 0.223. The van der Waals surface area contributed by atoms with Gasteiger partial charge in [0.2, 0.25) is 6.08 Å². The van der Waals surface area contributed by atoms with Crippen LogP contribution in [0.4, 0.5) is 18.9 Å². The van der Waals surface area contributed by atoms with E-state index in [1.165, 1.54) is 12.3 Å². The molecule has 0 saturated heterocycles.